The minimum Gasteiger partial charge on any atom is -0.474 e. The van der Waals surface area contributed by atoms with E-state index in [-0.39, 0.29) is 12.0 Å². The fourth-order valence-electron chi connectivity index (χ4n) is 3.79. The lowest BCUT2D eigenvalue weighted by molar-refractivity contribution is 0.0945. The van der Waals surface area contributed by atoms with Crippen LogP contribution in [0.1, 0.15) is 53.1 Å². The third-order valence-electron chi connectivity index (χ3n) is 5.43. The van der Waals surface area contributed by atoms with Crippen molar-refractivity contribution in [2.24, 2.45) is 7.05 Å². The van der Waals surface area contributed by atoms with Crippen LogP contribution in [0, 0.1) is 13.8 Å². The number of hydrogen-bond acceptors (Lipinski definition) is 5. The zero-order valence-electron chi connectivity index (χ0n) is 17.0. The molecule has 1 fully saturated rings. The van der Waals surface area contributed by atoms with E-state index >= 15 is 0 Å². The number of carbonyl (C=O) groups excluding carboxylic acids is 1. The van der Waals surface area contributed by atoms with Crippen LogP contribution in [0.25, 0.3) is 11.3 Å². The van der Waals surface area contributed by atoms with Crippen LogP contribution in [0.3, 0.4) is 0 Å². The van der Waals surface area contributed by atoms with Crippen LogP contribution in [0.2, 0.25) is 0 Å². The van der Waals surface area contributed by atoms with Gasteiger partial charge in [0.2, 0.25) is 5.88 Å². The van der Waals surface area contributed by atoms with Crippen molar-refractivity contribution in [3.05, 3.63) is 47.0 Å². The quantitative estimate of drug-likeness (QED) is 0.670. The Morgan fingerprint density at radius 1 is 1.31 bits per heavy atom. The van der Waals surface area contributed by atoms with Gasteiger partial charge in [0.1, 0.15) is 11.8 Å². The fourth-order valence-corrected chi connectivity index (χ4v) is 3.79. The molecule has 8 heteroatoms. The van der Waals surface area contributed by atoms with Crippen molar-refractivity contribution in [1.29, 1.82) is 0 Å². The predicted molar refractivity (Wildman–Crippen MR) is 109 cm³/mol. The van der Waals surface area contributed by atoms with Crippen LogP contribution < -0.4 is 10.1 Å². The number of nitrogens with one attached hydrogen (secondary N) is 2. The number of aromatic amines is 1. The van der Waals surface area contributed by atoms with E-state index in [2.05, 4.69) is 25.6 Å². The Balaban J connectivity index is 1.39. The zero-order chi connectivity index (χ0) is 20.4. The number of ether oxygens (including phenoxy) is 1. The highest BCUT2D eigenvalue weighted by Gasteiger charge is 2.18. The summed E-state index contributed by atoms with van der Waals surface area (Å²) in [6, 6.07) is 5.52. The van der Waals surface area contributed by atoms with Gasteiger partial charge in [-0.2, -0.15) is 10.2 Å². The molecule has 0 bridgehead atoms. The lowest BCUT2D eigenvalue weighted by atomic mass is 10.1. The Labute approximate surface area is 169 Å². The van der Waals surface area contributed by atoms with Crippen LogP contribution in [0.4, 0.5) is 0 Å². The molecule has 3 heterocycles. The van der Waals surface area contributed by atoms with Gasteiger partial charge in [-0.25, -0.2) is 4.98 Å². The van der Waals surface area contributed by atoms with Crippen molar-refractivity contribution in [3.8, 4) is 17.1 Å². The first-order chi connectivity index (χ1) is 14.0. The van der Waals surface area contributed by atoms with E-state index in [4.69, 9.17) is 4.74 Å². The van der Waals surface area contributed by atoms with E-state index in [1.807, 2.05) is 37.7 Å². The van der Waals surface area contributed by atoms with Crippen molar-refractivity contribution < 1.29 is 9.53 Å². The van der Waals surface area contributed by atoms with E-state index in [0.29, 0.717) is 18.1 Å². The topological polar surface area (TPSA) is 97.7 Å². The highest BCUT2D eigenvalue weighted by molar-refractivity contribution is 5.93. The molecule has 1 aliphatic rings. The average molecular weight is 394 g/mol. The maximum atomic E-state index is 12.6. The molecule has 0 saturated heterocycles. The third kappa shape index (κ3) is 4.16. The maximum absolute atomic E-state index is 12.6. The molecule has 3 aromatic rings. The molecule has 8 nitrogen and oxygen atoms in total. The third-order valence-corrected chi connectivity index (χ3v) is 5.43. The van der Waals surface area contributed by atoms with E-state index in [9.17, 15) is 4.79 Å². The molecule has 0 aliphatic heterocycles. The fraction of sp³-hybridized carbons (Fsp3) is 0.429. The van der Waals surface area contributed by atoms with E-state index in [0.717, 1.165) is 41.1 Å². The largest absolute Gasteiger partial charge is 0.474 e. The number of rotatable bonds is 6. The number of H-pyrrole nitrogens is 1. The van der Waals surface area contributed by atoms with Crippen LogP contribution in [-0.4, -0.2) is 37.0 Å². The molecule has 0 unspecified atom stereocenters. The van der Waals surface area contributed by atoms with E-state index < -0.39 is 0 Å². The SMILES string of the molecule is Cc1nn(C)c(C)c1-c1cc(C(=O)NCc2ccnc(OC3CCCC3)c2)[nH]n1. The minimum absolute atomic E-state index is 0.210. The van der Waals surface area contributed by atoms with Crippen LogP contribution in [-0.2, 0) is 13.6 Å². The smallest absolute Gasteiger partial charge is 0.269 e. The lowest BCUT2D eigenvalue weighted by Gasteiger charge is -2.12. The zero-order valence-corrected chi connectivity index (χ0v) is 17.0. The van der Waals surface area contributed by atoms with E-state index in [1.54, 1.807) is 12.3 Å². The first kappa shape index (κ1) is 19.2. The number of carbonyl (C=O) groups is 1. The summed E-state index contributed by atoms with van der Waals surface area (Å²) in [4.78, 5) is 16.8. The monoisotopic (exact) mass is 394 g/mol. The Morgan fingerprint density at radius 2 is 2.10 bits per heavy atom. The molecular formula is C21H26N6O2. The van der Waals surface area contributed by atoms with Gasteiger partial charge in [-0.05, 0) is 57.2 Å². The number of nitrogens with zero attached hydrogens (tertiary/aromatic N) is 4. The molecule has 0 atom stereocenters. The maximum Gasteiger partial charge on any atom is 0.269 e. The number of pyridine rings is 1. The van der Waals surface area contributed by atoms with Gasteiger partial charge >= 0.3 is 0 Å². The second-order valence-corrected chi connectivity index (χ2v) is 7.55. The molecule has 152 valence electrons. The summed E-state index contributed by atoms with van der Waals surface area (Å²) in [5.41, 5.74) is 4.92. The number of aromatic nitrogens is 5. The summed E-state index contributed by atoms with van der Waals surface area (Å²) in [7, 11) is 1.89. The first-order valence-electron chi connectivity index (χ1n) is 9.97. The molecule has 1 amide bonds. The van der Waals surface area contributed by atoms with Crippen molar-refractivity contribution in [1.82, 2.24) is 30.3 Å². The van der Waals surface area contributed by atoms with Gasteiger partial charge in [0, 0.05) is 37.1 Å². The lowest BCUT2D eigenvalue weighted by Crippen LogP contribution is -2.23. The molecule has 2 N–H and O–H groups in total. The molecule has 1 saturated carbocycles. The number of amides is 1. The molecule has 0 radical (unpaired) electrons. The summed E-state index contributed by atoms with van der Waals surface area (Å²) >= 11 is 0. The first-order valence-corrected chi connectivity index (χ1v) is 9.97. The van der Waals surface area contributed by atoms with Crippen molar-refractivity contribution in [2.75, 3.05) is 0 Å². The van der Waals surface area contributed by atoms with Crippen molar-refractivity contribution in [2.45, 2.75) is 52.2 Å². The molecule has 0 spiro atoms. The van der Waals surface area contributed by atoms with Gasteiger partial charge in [0.15, 0.2) is 0 Å². The van der Waals surface area contributed by atoms with Gasteiger partial charge in [0.05, 0.1) is 11.4 Å². The Bertz CT molecular complexity index is 1020. The van der Waals surface area contributed by atoms with Gasteiger partial charge < -0.3 is 10.1 Å². The highest BCUT2D eigenvalue weighted by Crippen LogP contribution is 2.25. The van der Waals surface area contributed by atoms with E-state index in [1.165, 1.54) is 12.8 Å². The normalized spacial score (nSPS) is 14.3. The summed E-state index contributed by atoms with van der Waals surface area (Å²) in [5, 5.41) is 14.5. The van der Waals surface area contributed by atoms with Gasteiger partial charge in [-0.3, -0.25) is 14.6 Å². The molecule has 3 aromatic heterocycles. The number of hydrogen-bond donors (Lipinski definition) is 2. The van der Waals surface area contributed by atoms with Gasteiger partial charge in [0.25, 0.3) is 5.91 Å². The molecular weight excluding hydrogens is 368 g/mol. The second kappa shape index (κ2) is 8.06. The second-order valence-electron chi connectivity index (χ2n) is 7.55. The average Bonchev–Trinajstić information content (AvgIpc) is 3.43. The predicted octanol–water partition coefficient (Wildman–Crippen LogP) is 3.07. The van der Waals surface area contributed by atoms with Crippen LogP contribution in [0.5, 0.6) is 5.88 Å². The Kier molecular flexibility index (Phi) is 5.33. The summed E-state index contributed by atoms with van der Waals surface area (Å²) in [5.74, 6) is 0.410. The highest BCUT2D eigenvalue weighted by atomic mass is 16.5. The van der Waals surface area contributed by atoms with Gasteiger partial charge in [-0.1, -0.05) is 0 Å². The Morgan fingerprint density at radius 3 is 2.83 bits per heavy atom. The van der Waals surface area contributed by atoms with Crippen LogP contribution in [0.15, 0.2) is 24.4 Å². The Hall–Kier alpha value is -3.16. The molecule has 0 aromatic carbocycles. The van der Waals surface area contributed by atoms with Crippen molar-refractivity contribution >= 4 is 5.91 Å². The molecule has 29 heavy (non-hydrogen) atoms. The molecule has 1 aliphatic carbocycles. The standard InChI is InChI=1S/C21H26N6O2/c1-13-20(14(2)27(3)26-13)17-11-18(25-24-17)21(28)23-12-15-8-9-22-19(10-15)29-16-6-4-5-7-16/h8-11,16H,4-7,12H2,1-3H3,(H,23,28)(H,24,25). The van der Waals surface area contributed by atoms with Gasteiger partial charge in [-0.15, -0.1) is 0 Å². The summed E-state index contributed by atoms with van der Waals surface area (Å²) < 4.78 is 7.75. The summed E-state index contributed by atoms with van der Waals surface area (Å²) in [6.07, 6.45) is 6.57. The summed E-state index contributed by atoms with van der Waals surface area (Å²) in [6.45, 7) is 4.31. The molecule has 4 rings (SSSR count). The minimum atomic E-state index is -0.210. The number of aryl methyl sites for hydroxylation is 2. The van der Waals surface area contributed by atoms with Crippen molar-refractivity contribution in [3.63, 3.8) is 0 Å². The van der Waals surface area contributed by atoms with Crippen LogP contribution >= 0.6 is 0 Å².